The third kappa shape index (κ3) is 3.66. The van der Waals surface area contributed by atoms with E-state index in [2.05, 4.69) is 11.3 Å². The van der Waals surface area contributed by atoms with Crippen molar-refractivity contribution in [2.24, 2.45) is 0 Å². The fourth-order valence-electron chi connectivity index (χ4n) is 2.39. The molecule has 1 saturated heterocycles. The lowest BCUT2D eigenvalue weighted by Crippen LogP contribution is -2.45. The maximum Gasteiger partial charge on any atom is 0.242 e. The molecule has 2 atom stereocenters. The molecule has 0 spiro atoms. The molecule has 0 amide bonds. The standard InChI is InChI=1S/C13H17N3O4S/c1-2-8-15-9-12(13(10-15)16(17)18)14-21(19,20)11-6-4-3-5-7-11/h2-7,12-14H,1,8-10H2/t12-,13?/m1/s1. The molecule has 1 heterocycles. The van der Waals surface area contributed by atoms with Crippen molar-refractivity contribution in [3.63, 3.8) is 0 Å². The molecule has 2 rings (SSSR count). The first kappa shape index (κ1) is 15.6. The lowest BCUT2D eigenvalue weighted by molar-refractivity contribution is -0.520. The largest absolute Gasteiger partial charge is 0.291 e. The monoisotopic (exact) mass is 311 g/mol. The zero-order chi connectivity index (χ0) is 15.5. The van der Waals surface area contributed by atoms with Crippen LogP contribution in [0.3, 0.4) is 0 Å². The van der Waals surface area contributed by atoms with E-state index in [9.17, 15) is 18.5 Å². The lowest BCUT2D eigenvalue weighted by atomic mass is 10.2. The van der Waals surface area contributed by atoms with E-state index in [0.717, 1.165) is 0 Å². The summed E-state index contributed by atoms with van der Waals surface area (Å²) in [6, 6.07) is 6.14. The van der Waals surface area contributed by atoms with Gasteiger partial charge in [-0.2, -0.15) is 4.72 Å². The molecule has 1 fully saturated rings. The summed E-state index contributed by atoms with van der Waals surface area (Å²) in [6.45, 7) is 4.59. The summed E-state index contributed by atoms with van der Waals surface area (Å²) in [6.07, 6.45) is 1.64. The van der Waals surface area contributed by atoms with Gasteiger partial charge in [0.05, 0.1) is 11.4 Å². The Morgan fingerprint density at radius 3 is 2.62 bits per heavy atom. The summed E-state index contributed by atoms with van der Waals surface area (Å²) in [4.78, 5) is 12.6. The second kappa shape index (κ2) is 6.33. The molecule has 21 heavy (non-hydrogen) atoms. The van der Waals surface area contributed by atoms with E-state index < -0.39 is 27.0 Å². The van der Waals surface area contributed by atoms with Crippen molar-refractivity contribution in [1.82, 2.24) is 9.62 Å². The summed E-state index contributed by atoms with van der Waals surface area (Å²) in [5, 5.41) is 11.1. The van der Waals surface area contributed by atoms with E-state index in [0.29, 0.717) is 13.1 Å². The van der Waals surface area contributed by atoms with Crippen LogP contribution in [0.25, 0.3) is 0 Å². The van der Waals surface area contributed by atoms with Gasteiger partial charge in [-0.05, 0) is 12.1 Å². The third-order valence-corrected chi connectivity index (χ3v) is 4.89. The number of nitrogens with one attached hydrogen (secondary N) is 1. The molecule has 1 unspecified atom stereocenters. The summed E-state index contributed by atoms with van der Waals surface area (Å²) < 4.78 is 26.9. The predicted octanol–water partition coefficient (Wildman–Crippen LogP) is 0.480. The van der Waals surface area contributed by atoms with E-state index >= 15 is 0 Å². The molecule has 7 nitrogen and oxygen atoms in total. The summed E-state index contributed by atoms with van der Waals surface area (Å²) in [5.74, 6) is 0. The topological polar surface area (TPSA) is 92.5 Å². The smallest absolute Gasteiger partial charge is 0.242 e. The van der Waals surface area contributed by atoms with Gasteiger partial charge in [0.25, 0.3) is 0 Å². The first-order valence-corrected chi connectivity index (χ1v) is 7.96. The minimum atomic E-state index is -3.76. The average molecular weight is 311 g/mol. The molecular formula is C13H17N3O4S. The third-order valence-electron chi connectivity index (χ3n) is 3.38. The molecule has 1 aliphatic rings. The van der Waals surface area contributed by atoms with Crippen molar-refractivity contribution >= 4 is 10.0 Å². The first-order chi connectivity index (χ1) is 9.94. The van der Waals surface area contributed by atoms with Crippen LogP contribution in [0, 0.1) is 10.1 Å². The maximum absolute atomic E-state index is 12.2. The number of hydrogen-bond acceptors (Lipinski definition) is 5. The van der Waals surface area contributed by atoms with Crippen LogP contribution in [-0.2, 0) is 10.0 Å². The van der Waals surface area contributed by atoms with Gasteiger partial charge in [0, 0.05) is 18.0 Å². The van der Waals surface area contributed by atoms with Gasteiger partial charge >= 0.3 is 0 Å². The Kier molecular flexibility index (Phi) is 4.71. The Labute approximate surface area is 123 Å². The van der Waals surface area contributed by atoms with E-state index in [-0.39, 0.29) is 11.4 Å². The first-order valence-electron chi connectivity index (χ1n) is 6.48. The van der Waals surface area contributed by atoms with Crippen LogP contribution in [0.2, 0.25) is 0 Å². The van der Waals surface area contributed by atoms with Crippen molar-refractivity contribution in [2.75, 3.05) is 19.6 Å². The molecule has 1 aromatic rings. The van der Waals surface area contributed by atoms with Crippen molar-refractivity contribution in [3.8, 4) is 0 Å². The lowest BCUT2D eigenvalue weighted by Gasteiger charge is -2.15. The van der Waals surface area contributed by atoms with Gasteiger partial charge < -0.3 is 0 Å². The van der Waals surface area contributed by atoms with Gasteiger partial charge in [0.2, 0.25) is 16.1 Å². The molecule has 0 saturated carbocycles. The van der Waals surface area contributed by atoms with Gasteiger partial charge in [-0.25, -0.2) is 8.42 Å². The van der Waals surface area contributed by atoms with Gasteiger partial charge in [-0.15, -0.1) is 6.58 Å². The Morgan fingerprint density at radius 2 is 2.05 bits per heavy atom. The molecule has 0 aromatic heterocycles. The summed E-state index contributed by atoms with van der Waals surface area (Å²) in [5.41, 5.74) is 0. The fraction of sp³-hybridized carbons (Fsp3) is 0.385. The van der Waals surface area contributed by atoms with E-state index in [1.807, 2.05) is 0 Å². The van der Waals surface area contributed by atoms with Crippen LogP contribution < -0.4 is 4.72 Å². The number of hydrogen-bond donors (Lipinski definition) is 1. The molecule has 1 aromatic carbocycles. The summed E-state index contributed by atoms with van der Waals surface area (Å²) in [7, 11) is -3.76. The van der Waals surface area contributed by atoms with E-state index in [1.54, 1.807) is 29.2 Å². The highest BCUT2D eigenvalue weighted by molar-refractivity contribution is 7.89. The SMILES string of the molecule is C=CCN1CC([N+](=O)[O-])[C@H](NS(=O)(=O)c2ccccc2)C1. The van der Waals surface area contributed by atoms with Crippen LogP contribution >= 0.6 is 0 Å². The highest BCUT2D eigenvalue weighted by Gasteiger charge is 2.42. The average Bonchev–Trinajstić information content (AvgIpc) is 2.82. The Hall–Kier alpha value is -1.77. The minimum Gasteiger partial charge on any atom is -0.291 e. The Bertz CT molecular complexity index is 618. The zero-order valence-electron chi connectivity index (χ0n) is 11.4. The zero-order valence-corrected chi connectivity index (χ0v) is 12.2. The van der Waals surface area contributed by atoms with Crippen molar-refractivity contribution in [2.45, 2.75) is 17.0 Å². The molecule has 114 valence electrons. The summed E-state index contributed by atoms with van der Waals surface area (Å²) >= 11 is 0. The highest BCUT2D eigenvalue weighted by Crippen LogP contribution is 2.16. The normalized spacial score (nSPS) is 23.0. The molecule has 0 aliphatic carbocycles. The number of benzene rings is 1. The fourth-order valence-corrected chi connectivity index (χ4v) is 3.68. The quantitative estimate of drug-likeness (QED) is 0.468. The van der Waals surface area contributed by atoms with Gasteiger partial charge in [-0.1, -0.05) is 24.3 Å². The van der Waals surface area contributed by atoms with Crippen molar-refractivity contribution < 1.29 is 13.3 Å². The second-order valence-electron chi connectivity index (χ2n) is 4.90. The molecule has 0 bridgehead atoms. The number of rotatable bonds is 6. The molecular weight excluding hydrogens is 294 g/mol. The predicted molar refractivity (Wildman–Crippen MR) is 78.0 cm³/mol. The van der Waals surface area contributed by atoms with Crippen molar-refractivity contribution in [1.29, 1.82) is 0 Å². The van der Waals surface area contributed by atoms with Crippen LogP contribution in [0.5, 0.6) is 0 Å². The second-order valence-corrected chi connectivity index (χ2v) is 6.61. The number of sulfonamides is 1. The minimum absolute atomic E-state index is 0.106. The maximum atomic E-state index is 12.2. The van der Waals surface area contributed by atoms with Crippen LogP contribution in [0.4, 0.5) is 0 Å². The molecule has 8 heteroatoms. The number of likely N-dealkylation sites (tertiary alicyclic amines) is 1. The van der Waals surface area contributed by atoms with Gasteiger partial charge in [-0.3, -0.25) is 15.0 Å². The molecule has 1 aliphatic heterocycles. The van der Waals surface area contributed by atoms with Crippen LogP contribution in [0.15, 0.2) is 47.9 Å². The molecule has 1 N–H and O–H groups in total. The van der Waals surface area contributed by atoms with Crippen LogP contribution in [0.1, 0.15) is 0 Å². The van der Waals surface area contributed by atoms with Crippen molar-refractivity contribution in [3.05, 3.63) is 53.1 Å². The highest BCUT2D eigenvalue weighted by atomic mass is 32.2. The number of nitrogens with zero attached hydrogens (tertiary/aromatic N) is 2. The Balaban J connectivity index is 2.17. The Morgan fingerprint density at radius 1 is 1.38 bits per heavy atom. The van der Waals surface area contributed by atoms with Gasteiger partial charge in [0.15, 0.2) is 0 Å². The molecule has 0 radical (unpaired) electrons. The number of nitro groups is 1. The van der Waals surface area contributed by atoms with Gasteiger partial charge in [0.1, 0.15) is 6.04 Å². The van der Waals surface area contributed by atoms with Crippen LogP contribution in [-0.4, -0.2) is 50.0 Å². The van der Waals surface area contributed by atoms with E-state index in [4.69, 9.17) is 0 Å². The van der Waals surface area contributed by atoms with E-state index in [1.165, 1.54) is 12.1 Å².